The summed E-state index contributed by atoms with van der Waals surface area (Å²) >= 11 is 0. The van der Waals surface area contributed by atoms with Crippen molar-refractivity contribution in [1.29, 1.82) is 0 Å². The summed E-state index contributed by atoms with van der Waals surface area (Å²) in [4.78, 5) is 37.4. The molecule has 3 rings (SSSR count). The third-order valence-electron chi connectivity index (χ3n) is 5.31. The van der Waals surface area contributed by atoms with Gasteiger partial charge in [-0.2, -0.15) is 0 Å². The van der Waals surface area contributed by atoms with Crippen LogP contribution < -0.4 is 10.6 Å². The lowest BCUT2D eigenvalue weighted by Crippen LogP contribution is -2.52. The summed E-state index contributed by atoms with van der Waals surface area (Å²) in [5.74, 6) is -3.10. The fraction of sp³-hybridized carbons (Fsp3) is 0.222. The Bertz CT molecular complexity index is 1180. The van der Waals surface area contributed by atoms with Gasteiger partial charge in [0.1, 0.15) is 30.1 Å². The molecule has 2 amide bonds. The molecule has 0 saturated carbocycles. The first kappa shape index (κ1) is 26.5. The van der Waals surface area contributed by atoms with E-state index >= 15 is 0 Å². The number of hydrogen-bond acceptors (Lipinski definition) is 4. The Morgan fingerprint density at radius 1 is 0.722 bits per heavy atom. The number of nitrogens with one attached hydrogen (secondary N) is 2. The van der Waals surface area contributed by atoms with Crippen LogP contribution in [0.3, 0.4) is 0 Å². The molecule has 0 aromatic heterocycles. The van der Waals surface area contributed by atoms with Gasteiger partial charge in [0, 0.05) is 18.9 Å². The van der Waals surface area contributed by atoms with Crippen LogP contribution in [0.5, 0.6) is 0 Å². The second-order valence-corrected chi connectivity index (χ2v) is 8.20. The highest BCUT2D eigenvalue weighted by Gasteiger charge is 2.25. The van der Waals surface area contributed by atoms with Gasteiger partial charge in [0.15, 0.2) is 0 Å². The fourth-order valence-electron chi connectivity index (χ4n) is 3.48. The molecular formula is C27H25F3N2O4. The first-order valence-corrected chi connectivity index (χ1v) is 11.2. The van der Waals surface area contributed by atoms with E-state index in [0.717, 1.165) is 12.1 Å². The van der Waals surface area contributed by atoms with E-state index in [1.54, 1.807) is 12.1 Å². The van der Waals surface area contributed by atoms with Crippen molar-refractivity contribution in [3.8, 4) is 0 Å². The predicted octanol–water partition coefficient (Wildman–Crippen LogP) is 3.74. The zero-order valence-electron chi connectivity index (χ0n) is 19.5. The molecule has 36 heavy (non-hydrogen) atoms. The molecule has 0 radical (unpaired) electrons. The predicted molar refractivity (Wildman–Crippen MR) is 126 cm³/mol. The maximum absolute atomic E-state index is 13.4. The molecule has 188 valence electrons. The Hall–Kier alpha value is -4.14. The van der Waals surface area contributed by atoms with Gasteiger partial charge in [-0.1, -0.05) is 24.3 Å². The molecule has 0 heterocycles. The van der Waals surface area contributed by atoms with Crippen molar-refractivity contribution in [2.75, 3.05) is 6.61 Å². The van der Waals surface area contributed by atoms with Crippen LogP contribution in [0.15, 0.2) is 72.8 Å². The lowest BCUT2D eigenvalue weighted by molar-refractivity contribution is -0.142. The van der Waals surface area contributed by atoms with Crippen LogP contribution in [0.25, 0.3) is 0 Å². The Labute approximate surface area is 206 Å². The van der Waals surface area contributed by atoms with Gasteiger partial charge >= 0.3 is 5.97 Å². The largest absolute Gasteiger partial charge is 0.464 e. The van der Waals surface area contributed by atoms with Crippen LogP contribution in [-0.4, -0.2) is 36.5 Å². The molecule has 0 fully saturated rings. The third-order valence-corrected chi connectivity index (χ3v) is 5.31. The van der Waals surface area contributed by atoms with E-state index in [-0.39, 0.29) is 25.0 Å². The fourth-order valence-corrected chi connectivity index (χ4v) is 3.48. The second-order valence-electron chi connectivity index (χ2n) is 8.20. The topological polar surface area (TPSA) is 84.5 Å². The molecule has 3 aromatic carbocycles. The SMILES string of the molecule is CC(=O)OC[C@H](Cc1ccc(F)cc1)NC(=O)[C@H](Cc1ccc(F)cc1)NC(=O)c1ccc(F)cc1. The van der Waals surface area contributed by atoms with Gasteiger partial charge in [-0.15, -0.1) is 0 Å². The van der Waals surface area contributed by atoms with Crippen molar-refractivity contribution in [2.45, 2.75) is 31.8 Å². The molecule has 0 aliphatic rings. The minimum Gasteiger partial charge on any atom is -0.464 e. The molecule has 0 bridgehead atoms. The van der Waals surface area contributed by atoms with E-state index in [0.29, 0.717) is 11.1 Å². The van der Waals surface area contributed by atoms with Crippen LogP contribution in [-0.2, 0) is 27.2 Å². The lowest BCUT2D eigenvalue weighted by Gasteiger charge is -2.24. The molecule has 3 aromatic rings. The number of amides is 2. The van der Waals surface area contributed by atoms with Crippen molar-refractivity contribution in [3.63, 3.8) is 0 Å². The van der Waals surface area contributed by atoms with Crippen LogP contribution >= 0.6 is 0 Å². The summed E-state index contributed by atoms with van der Waals surface area (Å²) < 4.78 is 45.0. The third kappa shape index (κ3) is 8.26. The van der Waals surface area contributed by atoms with Gasteiger partial charge in [0.05, 0.1) is 6.04 Å². The minimum atomic E-state index is -1.08. The van der Waals surface area contributed by atoms with Crippen LogP contribution in [0.4, 0.5) is 13.2 Å². The summed E-state index contributed by atoms with van der Waals surface area (Å²) in [6, 6.07) is 14.2. The summed E-state index contributed by atoms with van der Waals surface area (Å²) in [6.45, 7) is 1.09. The van der Waals surface area contributed by atoms with Crippen LogP contribution in [0, 0.1) is 17.5 Å². The Balaban J connectivity index is 1.79. The highest BCUT2D eigenvalue weighted by atomic mass is 19.1. The summed E-state index contributed by atoms with van der Waals surface area (Å²) in [7, 11) is 0. The van der Waals surface area contributed by atoms with Crippen molar-refractivity contribution in [1.82, 2.24) is 10.6 Å². The molecule has 2 N–H and O–H groups in total. The number of hydrogen-bond donors (Lipinski definition) is 2. The molecule has 0 aliphatic heterocycles. The number of rotatable bonds is 10. The summed E-state index contributed by atoms with van der Waals surface area (Å²) in [5.41, 5.74) is 1.43. The van der Waals surface area contributed by atoms with Gasteiger partial charge in [0.2, 0.25) is 5.91 Å². The Morgan fingerprint density at radius 2 is 1.19 bits per heavy atom. The van der Waals surface area contributed by atoms with Crippen molar-refractivity contribution >= 4 is 17.8 Å². The average Bonchev–Trinajstić information content (AvgIpc) is 2.85. The molecule has 0 saturated heterocycles. The Morgan fingerprint density at radius 3 is 1.69 bits per heavy atom. The number of esters is 1. The van der Waals surface area contributed by atoms with Gasteiger partial charge in [-0.05, 0) is 66.1 Å². The summed E-state index contributed by atoms with van der Waals surface area (Å²) in [5, 5.41) is 5.41. The number of benzene rings is 3. The number of carbonyl (C=O) groups excluding carboxylic acids is 3. The highest BCUT2D eigenvalue weighted by Crippen LogP contribution is 2.11. The summed E-state index contributed by atoms with van der Waals surface area (Å²) in [6.07, 6.45) is 0.268. The first-order valence-electron chi connectivity index (χ1n) is 11.2. The normalized spacial score (nSPS) is 12.3. The number of carbonyl (C=O) groups is 3. The second kappa shape index (κ2) is 12.5. The monoisotopic (exact) mass is 498 g/mol. The van der Waals surface area contributed by atoms with Gasteiger partial charge in [-0.25, -0.2) is 13.2 Å². The molecule has 6 nitrogen and oxygen atoms in total. The maximum Gasteiger partial charge on any atom is 0.302 e. The van der Waals surface area contributed by atoms with Gasteiger partial charge in [0.25, 0.3) is 5.91 Å². The van der Waals surface area contributed by atoms with E-state index < -0.39 is 47.3 Å². The zero-order valence-corrected chi connectivity index (χ0v) is 19.5. The zero-order chi connectivity index (χ0) is 26.1. The van der Waals surface area contributed by atoms with E-state index in [1.807, 2.05) is 0 Å². The minimum absolute atomic E-state index is 0.0376. The number of halogens is 3. The molecule has 0 spiro atoms. The van der Waals surface area contributed by atoms with Gasteiger partial charge in [-0.3, -0.25) is 14.4 Å². The quantitative estimate of drug-likeness (QED) is 0.417. The van der Waals surface area contributed by atoms with E-state index in [9.17, 15) is 27.6 Å². The lowest BCUT2D eigenvalue weighted by atomic mass is 10.0. The van der Waals surface area contributed by atoms with Crippen molar-refractivity contribution < 1.29 is 32.3 Å². The van der Waals surface area contributed by atoms with Crippen molar-refractivity contribution in [2.24, 2.45) is 0 Å². The van der Waals surface area contributed by atoms with Gasteiger partial charge < -0.3 is 15.4 Å². The van der Waals surface area contributed by atoms with E-state index in [4.69, 9.17) is 4.74 Å². The molecule has 2 atom stereocenters. The first-order chi connectivity index (χ1) is 17.2. The highest BCUT2D eigenvalue weighted by molar-refractivity contribution is 5.97. The van der Waals surface area contributed by atoms with Crippen LogP contribution in [0.1, 0.15) is 28.4 Å². The smallest absolute Gasteiger partial charge is 0.302 e. The number of ether oxygens (including phenoxy) is 1. The maximum atomic E-state index is 13.4. The van der Waals surface area contributed by atoms with Crippen molar-refractivity contribution in [3.05, 3.63) is 107 Å². The molecule has 0 unspecified atom stereocenters. The van der Waals surface area contributed by atoms with Crippen LogP contribution in [0.2, 0.25) is 0 Å². The van der Waals surface area contributed by atoms with E-state index in [1.165, 1.54) is 55.5 Å². The Kier molecular flexibility index (Phi) is 9.21. The average molecular weight is 499 g/mol. The molecule has 0 aliphatic carbocycles. The van der Waals surface area contributed by atoms with E-state index in [2.05, 4.69) is 10.6 Å². The molecule has 9 heteroatoms. The standard InChI is InChI=1S/C27H25F3N2O4/c1-17(33)36-16-24(14-18-2-8-21(28)9-3-18)31-27(35)25(15-19-4-10-22(29)11-5-19)32-26(34)20-6-12-23(30)13-7-20/h2-13,24-25H,14-16H2,1H3,(H,31,35)(H,32,34)/t24-,25-/m0/s1. The molecular weight excluding hydrogens is 473 g/mol.